The van der Waals surface area contributed by atoms with E-state index in [1.54, 1.807) is 6.07 Å². The Hall–Kier alpha value is -1.13. The normalized spacial score (nSPS) is 29.4. The summed E-state index contributed by atoms with van der Waals surface area (Å²) in [5.74, 6) is 0.186. The van der Waals surface area contributed by atoms with E-state index in [0.29, 0.717) is 23.6 Å². The van der Waals surface area contributed by atoms with Gasteiger partial charge in [0.15, 0.2) is 5.58 Å². The molecule has 2 aliphatic rings. The third-order valence-corrected chi connectivity index (χ3v) is 4.32. The second-order valence-electron chi connectivity index (χ2n) is 5.51. The van der Waals surface area contributed by atoms with E-state index in [1.807, 2.05) is 0 Å². The summed E-state index contributed by atoms with van der Waals surface area (Å²) in [4.78, 5) is 0. The van der Waals surface area contributed by atoms with Gasteiger partial charge in [-0.3, -0.25) is 0 Å². The van der Waals surface area contributed by atoms with Crippen molar-refractivity contribution in [1.29, 1.82) is 0 Å². The molecule has 5 heteroatoms. The van der Waals surface area contributed by atoms with Gasteiger partial charge in [0.05, 0.1) is 5.69 Å². The topological polar surface area (TPSA) is 38.1 Å². The summed E-state index contributed by atoms with van der Waals surface area (Å²) in [6.45, 7) is 0. The summed E-state index contributed by atoms with van der Waals surface area (Å²) in [5.41, 5.74) is 1.58. The number of fused-ring (bicyclic) bond motifs is 3. The maximum Gasteiger partial charge on any atom is 0.170 e. The summed E-state index contributed by atoms with van der Waals surface area (Å²) < 4.78 is 18.4. The van der Waals surface area contributed by atoms with Gasteiger partial charge in [0.25, 0.3) is 0 Å². The van der Waals surface area contributed by atoms with E-state index in [1.165, 1.54) is 25.0 Å². The Balaban J connectivity index is 0.00000110. The number of aromatic nitrogens is 1. The average Bonchev–Trinajstić information content (AvgIpc) is 2.92. The van der Waals surface area contributed by atoms with Crippen molar-refractivity contribution in [3.05, 3.63) is 29.7 Å². The monoisotopic (exact) mass is 282 g/mol. The number of benzene rings is 1. The van der Waals surface area contributed by atoms with E-state index >= 15 is 0 Å². The Bertz CT molecular complexity index is 588. The van der Waals surface area contributed by atoms with Crippen molar-refractivity contribution in [2.75, 3.05) is 0 Å². The molecule has 0 spiro atoms. The van der Waals surface area contributed by atoms with Crippen molar-refractivity contribution >= 4 is 23.4 Å². The molecule has 19 heavy (non-hydrogen) atoms. The molecule has 2 saturated heterocycles. The van der Waals surface area contributed by atoms with Crippen LogP contribution in [-0.4, -0.2) is 17.2 Å². The molecule has 2 atom stereocenters. The quantitative estimate of drug-likeness (QED) is 0.871. The molecule has 102 valence electrons. The minimum Gasteiger partial charge on any atom is -0.356 e. The minimum atomic E-state index is -0.268. The second kappa shape index (κ2) is 4.76. The lowest BCUT2D eigenvalue weighted by molar-refractivity contribution is 0.345. The van der Waals surface area contributed by atoms with Crippen molar-refractivity contribution < 1.29 is 8.91 Å². The number of hydrogen-bond donors (Lipinski definition) is 1. The van der Waals surface area contributed by atoms with Crippen LogP contribution < -0.4 is 5.32 Å². The van der Waals surface area contributed by atoms with Crippen molar-refractivity contribution in [3.63, 3.8) is 0 Å². The highest BCUT2D eigenvalue weighted by Gasteiger charge is 2.36. The van der Waals surface area contributed by atoms with E-state index < -0.39 is 0 Å². The number of piperidine rings is 1. The van der Waals surface area contributed by atoms with Crippen LogP contribution in [0.1, 0.15) is 37.3 Å². The highest BCUT2D eigenvalue weighted by Crippen LogP contribution is 2.39. The molecule has 3 heterocycles. The van der Waals surface area contributed by atoms with Gasteiger partial charge in [0.2, 0.25) is 0 Å². The minimum absolute atomic E-state index is 0. The van der Waals surface area contributed by atoms with E-state index in [4.69, 9.17) is 4.52 Å². The van der Waals surface area contributed by atoms with Crippen LogP contribution in [-0.2, 0) is 0 Å². The van der Waals surface area contributed by atoms with E-state index in [0.717, 1.165) is 23.9 Å². The lowest BCUT2D eigenvalue weighted by Crippen LogP contribution is -2.37. The zero-order chi connectivity index (χ0) is 12.1. The Morgan fingerprint density at radius 3 is 2.68 bits per heavy atom. The molecule has 4 rings (SSSR count). The van der Waals surface area contributed by atoms with Gasteiger partial charge in [0, 0.05) is 29.5 Å². The first-order valence-electron chi connectivity index (χ1n) is 6.60. The molecule has 2 aliphatic heterocycles. The highest BCUT2D eigenvalue weighted by molar-refractivity contribution is 5.85. The molecular formula is C14H16ClFN2O. The predicted molar refractivity (Wildman–Crippen MR) is 73.1 cm³/mol. The van der Waals surface area contributed by atoms with Crippen LogP contribution in [0.15, 0.2) is 22.7 Å². The van der Waals surface area contributed by atoms with Gasteiger partial charge in [-0.15, -0.1) is 12.4 Å². The van der Waals surface area contributed by atoms with Gasteiger partial charge in [0.1, 0.15) is 5.82 Å². The maximum absolute atomic E-state index is 13.1. The number of hydrogen-bond acceptors (Lipinski definition) is 3. The van der Waals surface area contributed by atoms with Gasteiger partial charge < -0.3 is 9.84 Å². The zero-order valence-electron chi connectivity index (χ0n) is 10.4. The van der Waals surface area contributed by atoms with Crippen LogP contribution in [0.5, 0.6) is 0 Å². The third-order valence-electron chi connectivity index (χ3n) is 4.32. The summed E-state index contributed by atoms with van der Waals surface area (Å²) >= 11 is 0. The Morgan fingerprint density at radius 1 is 1.21 bits per heavy atom. The zero-order valence-corrected chi connectivity index (χ0v) is 11.3. The molecule has 0 amide bonds. The summed E-state index contributed by atoms with van der Waals surface area (Å²) in [6, 6.07) is 5.95. The smallest absolute Gasteiger partial charge is 0.170 e. The maximum atomic E-state index is 13.1. The van der Waals surface area contributed by atoms with Gasteiger partial charge in [-0.2, -0.15) is 0 Å². The van der Waals surface area contributed by atoms with Crippen molar-refractivity contribution in [2.45, 2.75) is 43.7 Å². The third kappa shape index (κ3) is 2.13. The highest BCUT2D eigenvalue weighted by atomic mass is 35.5. The van der Waals surface area contributed by atoms with Crippen LogP contribution in [0.4, 0.5) is 4.39 Å². The van der Waals surface area contributed by atoms with Crippen molar-refractivity contribution in [3.8, 4) is 0 Å². The van der Waals surface area contributed by atoms with E-state index in [2.05, 4.69) is 10.5 Å². The first kappa shape index (κ1) is 12.9. The van der Waals surface area contributed by atoms with Crippen LogP contribution in [0.3, 0.4) is 0 Å². The van der Waals surface area contributed by atoms with Crippen molar-refractivity contribution in [1.82, 2.24) is 10.5 Å². The standard InChI is InChI=1S/C14H15FN2O.ClH/c15-9-1-4-12-13(7-9)18-17-14(12)8-5-10-2-3-11(6-8)16-10;/h1,4,7-8,10-11,16H,2-3,5-6H2;1H. The first-order valence-corrected chi connectivity index (χ1v) is 6.60. The molecule has 0 saturated carbocycles. The average molecular weight is 283 g/mol. The van der Waals surface area contributed by atoms with E-state index in [-0.39, 0.29) is 18.2 Å². The first-order chi connectivity index (χ1) is 8.79. The largest absolute Gasteiger partial charge is 0.356 e. The summed E-state index contributed by atoms with van der Waals surface area (Å²) in [5, 5.41) is 8.78. The molecule has 1 aromatic heterocycles. The molecule has 2 aromatic rings. The van der Waals surface area contributed by atoms with Gasteiger partial charge >= 0.3 is 0 Å². The Kier molecular flexibility index (Phi) is 3.23. The fourth-order valence-corrected chi connectivity index (χ4v) is 3.51. The van der Waals surface area contributed by atoms with Crippen molar-refractivity contribution in [2.24, 2.45) is 0 Å². The van der Waals surface area contributed by atoms with Gasteiger partial charge in [-0.25, -0.2) is 4.39 Å². The van der Waals surface area contributed by atoms with Gasteiger partial charge in [-0.05, 0) is 37.8 Å². The van der Waals surface area contributed by atoms with E-state index in [9.17, 15) is 4.39 Å². The molecule has 2 bridgehead atoms. The number of nitrogens with one attached hydrogen (secondary N) is 1. The second-order valence-corrected chi connectivity index (χ2v) is 5.51. The lowest BCUT2D eigenvalue weighted by atomic mass is 9.88. The van der Waals surface area contributed by atoms with Crippen LogP contribution in [0.25, 0.3) is 11.0 Å². The van der Waals surface area contributed by atoms with Crippen LogP contribution >= 0.6 is 12.4 Å². The van der Waals surface area contributed by atoms with Gasteiger partial charge in [-0.1, -0.05) is 5.16 Å². The molecule has 3 nitrogen and oxygen atoms in total. The summed E-state index contributed by atoms with van der Waals surface area (Å²) in [6.07, 6.45) is 4.78. The molecule has 0 aliphatic carbocycles. The number of rotatable bonds is 1. The number of nitrogens with zero attached hydrogens (tertiary/aromatic N) is 1. The fraction of sp³-hybridized carbons (Fsp3) is 0.500. The molecule has 1 N–H and O–H groups in total. The molecule has 1 aromatic carbocycles. The number of halogens is 2. The molecule has 0 radical (unpaired) electrons. The lowest BCUT2D eigenvalue weighted by Gasteiger charge is -2.27. The SMILES string of the molecule is Cl.Fc1ccc2c(C3CC4CCC(C3)N4)noc2c1. The molecular weight excluding hydrogens is 267 g/mol. The predicted octanol–water partition coefficient (Wildman–Crippen LogP) is 3.39. The summed E-state index contributed by atoms with van der Waals surface area (Å²) in [7, 11) is 0. The Morgan fingerprint density at radius 2 is 1.95 bits per heavy atom. The Labute approximate surface area is 116 Å². The molecule has 2 fully saturated rings. The van der Waals surface area contributed by atoms with Crippen LogP contribution in [0.2, 0.25) is 0 Å². The fourth-order valence-electron chi connectivity index (χ4n) is 3.51. The van der Waals surface area contributed by atoms with Crippen LogP contribution in [0, 0.1) is 5.82 Å². The molecule has 2 unspecified atom stereocenters.